The Labute approximate surface area is 117 Å². The van der Waals surface area contributed by atoms with Crippen molar-refractivity contribution in [3.05, 3.63) is 27.7 Å². The topological polar surface area (TPSA) is 58.6 Å². The lowest BCUT2D eigenvalue weighted by Gasteiger charge is -2.18. The summed E-state index contributed by atoms with van der Waals surface area (Å²) in [4.78, 5) is 11.9. The van der Waals surface area contributed by atoms with E-state index in [-0.39, 0.29) is 28.0 Å². The molecular formula is C11H9Cl2F2NO3. The second-order valence-corrected chi connectivity index (χ2v) is 4.88. The minimum atomic E-state index is -3.14. The van der Waals surface area contributed by atoms with E-state index in [4.69, 9.17) is 23.2 Å². The predicted octanol–water partition coefficient (Wildman–Crippen LogP) is 2.46. The Morgan fingerprint density at radius 1 is 1.47 bits per heavy atom. The van der Waals surface area contributed by atoms with E-state index in [9.17, 15) is 18.7 Å². The van der Waals surface area contributed by atoms with Crippen LogP contribution in [-0.4, -0.2) is 36.2 Å². The van der Waals surface area contributed by atoms with Gasteiger partial charge in [-0.15, -0.1) is 0 Å². The van der Waals surface area contributed by atoms with Gasteiger partial charge in [-0.3, -0.25) is 4.79 Å². The van der Waals surface area contributed by atoms with Crippen LogP contribution in [0.15, 0.2) is 12.1 Å². The molecule has 1 aliphatic rings. The summed E-state index contributed by atoms with van der Waals surface area (Å²) in [5.74, 6) is -4.27. The number of benzene rings is 1. The van der Waals surface area contributed by atoms with E-state index in [1.54, 1.807) is 0 Å². The molecule has 0 radical (unpaired) electrons. The lowest BCUT2D eigenvalue weighted by atomic mass is 10.1. The molecule has 0 saturated carbocycles. The maximum atomic E-state index is 13.3. The maximum absolute atomic E-state index is 13.3. The van der Waals surface area contributed by atoms with Crippen molar-refractivity contribution in [3.63, 3.8) is 0 Å². The van der Waals surface area contributed by atoms with Gasteiger partial charge in [0.1, 0.15) is 18.4 Å². The van der Waals surface area contributed by atoms with Gasteiger partial charge in [-0.05, 0) is 6.07 Å². The third-order valence-corrected chi connectivity index (χ3v) is 3.45. The van der Waals surface area contributed by atoms with Crippen LogP contribution in [0.4, 0.5) is 8.78 Å². The van der Waals surface area contributed by atoms with Crippen molar-refractivity contribution in [3.8, 4) is 5.75 Å². The molecule has 1 atom stereocenters. The molecule has 0 aromatic heterocycles. The number of aromatic hydroxyl groups is 1. The van der Waals surface area contributed by atoms with Gasteiger partial charge in [0.25, 0.3) is 11.8 Å². The highest BCUT2D eigenvalue weighted by molar-refractivity contribution is 6.44. The molecule has 1 unspecified atom stereocenters. The lowest BCUT2D eigenvalue weighted by molar-refractivity contribution is -0.0227. The number of nitrogens with one attached hydrogen (secondary N) is 1. The van der Waals surface area contributed by atoms with Crippen LogP contribution in [-0.2, 0) is 4.74 Å². The highest BCUT2D eigenvalue weighted by Crippen LogP contribution is 2.31. The number of phenols is 1. The van der Waals surface area contributed by atoms with Crippen LogP contribution in [0.2, 0.25) is 10.0 Å². The summed E-state index contributed by atoms with van der Waals surface area (Å²) in [7, 11) is 0. The highest BCUT2D eigenvalue weighted by Gasteiger charge is 2.46. The molecule has 1 heterocycles. The number of hydrogen-bond donors (Lipinski definition) is 2. The second kappa shape index (κ2) is 5.11. The molecule has 1 aromatic carbocycles. The first-order chi connectivity index (χ1) is 8.81. The number of halogens is 4. The Morgan fingerprint density at radius 2 is 2.16 bits per heavy atom. The molecule has 104 valence electrons. The average Bonchev–Trinajstić information content (AvgIpc) is 2.63. The quantitative estimate of drug-likeness (QED) is 0.882. The Kier molecular flexibility index (Phi) is 3.85. The number of phenolic OH excluding ortho intramolecular Hbond substituents is 1. The lowest BCUT2D eigenvalue weighted by Crippen LogP contribution is -2.46. The molecular weight excluding hydrogens is 303 g/mol. The van der Waals surface area contributed by atoms with E-state index in [2.05, 4.69) is 10.1 Å². The molecule has 0 aliphatic carbocycles. The first kappa shape index (κ1) is 14.3. The van der Waals surface area contributed by atoms with Crippen LogP contribution < -0.4 is 5.32 Å². The molecule has 1 aliphatic heterocycles. The van der Waals surface area contributed by atoms with Gasteiger partial charge in [-0.1, -0.05) is 23.2 Å². The molecule has 2 rings (SSSR count). The van der Waals surface area contributed by atoms with Gasteiger partial charge < -0.3 is 15.2 Å². The fourth-order valence-corrected chi connectivity index (χ4v) is 2.07. The number of carbonyl (C=O) groups excluding carboxylic acids is 1. The summed E-state index contributed by atoms with van der Waals surface area (Å²) in [6.07, 6.45) is 0. The van der Waals surface area contributed by atoms with E-state index in [0.717, 1.165) is 12.1 Å². The summed E-state index contributed by atoms with van der Waals surface area (Å²) < 4.78 is 31.2. The molecule has 0 spiro atoms. The molecule has 1 saturated heterocycles. The van der Waals surface area contributed by atoms with Crippen LogP contribution >= 0.6 is 23.2 Å². The van der Waals surface area contributed by atoms with Crippen LogP contribution in [0, 0.1) is 0 Å². The van der Waals surface area contributed by atoms with Crippen molar-refractivity contribution >= 4 is 29.1 Å². The van der Waals surface area contributed by atoms with Gasteiger partial charge in [0.05, 0.1) is 22.2 Å². The number of carbonyl (C=O) groups is 1. The van der Waals surface area contributed by atoms with E-state index >= 15 is 0 Å². The van der Waals surface area contributed by atoms with E-state index in [1.807, 2.05) is 0 Å². The molecule has 8 heteroatoms. The van der Waals surface area contributed by atoms with Gasteiger partial charge in [-0.25, -0.2) is 8.78 Å². The molecule has 19 heavy (non-hydrogen) atoms. The van der Waals surface area contributed by atoms with Gasteiger partial charge in [0.2, 0.25) is 0 Å². The minimum Gasteiger partial charge on any atom is -0.508 e. The molecule has 1 aromatic rings. The van der Waals surface area contributed by atoms with Gasteiger partial charge >= 0.3 is 0 Å². The monoisotopic (exact) mass is 311 g/mol. The van der Waals surface area contributed by atoms with Crippen molar-refractivity contribution in [2.45, 2.75) is 12.0 Å². The maximum Gasteiger partial charge on any atom is 0.292 e. The third-order valence-electron chi connectivity index (χ3n) is 2.65. The van der Waals surface area contributed by atoms with Crippen molar-refractivity contribution in [1.82, 2.24) is 5.32 Å². The average molecular weight is 312 g/mol. The van der Waals surface area contributed by atoms with Crippen LogP contribution in [0.5, 0.6) is 5.75 Å². The normalized spacial score (nSPS) is 21.4. The summed E-state index contributed by atoms with van der Waals surface area (Å²) in [6, 6.07) is 0.767. The summed E-state index contributed by atoms with van der Waals surface area (Å²) in [5, 5.41) is 11.3. The first-order valence-electron chi connectivity index (χ1n) is 5.25. The molecule has 4 nitrogen and oxygen atoms in total. The Balaban J connectivity index is 2.21. The minimum absolute atomic E-state index is 0.0405. The van der Waals surface area contributed by atoms with Crippen molar-refractivity contribution in [2.24, 2.45) is 0 Å². The SMILES string of the molecule is O=C(NC1COCC1(F)F)c1cc(O)cc(Cl)c1Cl. The number of rotatable bonds is 2. The molecule has 0 bridgehead atoms. The largest absolute Gasteiger partial charge is 0.508 e. The Bertz CT molecular complexity index is 525. The van der Waals surface area contributed by atoms with Crippen LogP contribution in [0.1, 0.15) is 10.4 Å². The predicted molar refractivity (Wildman–Crippen MR) is 65.1 cm³/mol. The molecule has 1 fully saturated rings. The number of amides is 1. The van der Waals surface area contributed by atoms with E-state index in [1.165, 1.54) is 0 Å². The zero-order valence-corrected chi connectivity index (χ0v) is 10.9. The molecule has 1 amide bonds. The highest BCUT2D eigenvalue weighted by atomic mass is 35.5. The fourth-order valence-electron chi connectivity index (χ4n) is 1.66. The number of hydrogen-bond acceptors (Lipinski definition) is 3. The fraction of sp³-hybridized carbons (Fsp3) is 0.364. The number of ether oxygens (including phenoxy) is 1. The summed E-state index contributed by atoms with van der Waals surface area (Å²) in [6.45, 7) is -1.03. The van der Waals surface area contributed by atoms with Crippen molar-refractivity contribution in [1.29, 1.82) is 0 Å². The summed E-state index contributed by atoms with van der Waals surface area (Å²) in [5.41, 5.74) is -0.172. The third kappa shape index (κ3) is 2.91. The van der Waals surface area contributed by atoms with Gasteiger partial charge in [0, 0.05) is 6.07 Å². The van der Waals surface area contributed by atoms with Crippen molar-refractivity contribution < 1.29 is 23.4 Å². The zero-order chi connectivity index (χ0) is 14.2. The summed E-state index contributed by atoms with van der Waals surface area (Å²) >= 11 is 11.5. The zero-order valence-electron chi connectivity index (χ0n) is 9.42. The Hall–Kier alpha value is -1.11. The van der Waals surface area contributed by atoms with Crippen LogP contribution in [0.25, 0.3) is 0 Å². The van der Waals surface area contributed by atoms with Crippen LogP contribution in [0.3, 0.4) is 0 Å². The van der Waals surface area contributed by atoms with E-state index in [0.29, 0.717) is 0 Å². The molecule has 2 N–H and O–H groups in total. The smallest absolute Gasteiger partial charge is 0.292 e. The van der Waals surface area contributed by atoms with Gasteiger partial charge in [0.15, 0.2) is 0 Å². The van der Waals surface area contributed by atoms with Gasteiger partial charge in [-0.2, -0.15) is 0 Å². The van der Waals surface area contributed by atoms with E-state index < -0.39 is 24.5 Å². The standard InChI is InChI=1S/C11H9Cl2F2NO3/c12-7-2-5(17)1-6(9(7)13)10(18)16-8-3-19-4-11(8,14)15/h1-2,8,17H,3-4H2,(H,16,18). The van der Waals surface area contributed by atoms with Crippen molar-refractivity contribution in [2.75, 3.05) is 13.2 Å². The second-order valence-electron chi connectivity index (χ2n) is 4.09. The Morgan fingerprint density at radius 3 is 2.74 bits per heavy atom. The first-order valence-corrected chi connectivity index (χ1v) is 6.01. The number of alkyl halides is 2.